The molecular formula is C17H15NO. The molecule has 2 aromatic carbocycles. The number of Topliss-reactive ketones (excluding diaryl/α,β-unsaturated/α-hetero) is 1. The summed E-state index contributed by atoms with van der Waals surface area (Å²) in [6.07, 6.45) is 3.31. The van der Waals surface area contributed by atoms with Crippen LogP contribution in [0.25, 0.3) is 21.7 Å². The largest absolute Gasteiger partial charge is 0.300 e. The number of pyridine rings is 1. The number of rotatable bonds is 3. The van der Waals surface area contributed by atoms with E-state index in [4.69, 9.17) is 0 Å². The summed E-state index contributed by atoms with van der Waals surface area (Å²) in [5.74, 6) is 0.233. The summed E-state index contributed by atoms with van der Waals surface area (Å²) in [6, 6.07) is 14.5. The van der Waals surface area contributed by atoms with Gasteiger partial charge < -0.3 is 4.79 Å². The molecule has 0 fully saturated rings. The van der Waals surface area contributed by atoms with E-state index in [9.17, 15) is 4.79 Å². The Morgan fingerprint density at radius 1 is 1.11 bits per heavy atom. The summed E-state index contributed by atoms with van der Waals surface area (Å²) < 4.78 is 0. The molecule has 2 nitrogen and oxygen atoms in total. The van der Waals surface area contributed by atoms with E-state index in [0.717, 1.165) is 17.3 Å². The van der Waals surface area contributed by atoms with Crippen LogP contribution in [0.15, 0.2) is 48.7 Å². The second-order valence-electron chi connectivity index (χ2n) is 4.90. The van der Waals surface area contributed by atoms with Gasteiger partial charge in [-0.2, -0.15) is 0 Å². The number of nitrogens with zero attached hydrogens (tertiary/aromatic N) is 1. The van der Waals surface area contributed by atoms with Gasteiger partial charge in [-0.3, -0.25) is 4.98 Å². The van der Waals surface area contributed by atoms with Crippen molar-refractivity contribution in [2.75, 3.05) is 0 Å². The number of carbonyl (C=O) groups excluding carboxylic acids is 1. The fraction of sp³-hybridized carbons (Fsp3) is 0.176. The third kappa shape index (κ3) is 2.34. The van der Waals surface area contributed by atoms with Crippen LogP contribution < -0.4 is 0 Å². The highest BCUT2D eigenvalue weighted by atomic mass is 16.1. The summed E-state index contributed by atoms with van der Waals surface area (Å²) in [5.41, 5.74) is 2.20. The first kappa shape index (κ1) is 11.8. The number of aromatic nitrogens is 1. The zero-order chi connectivity index (χ0) is 13.2. The van der Waals surface area contributed by atoms with E-state index in [1.807, 2.05) is 24.4 Å². The quantitative estimate of drug-likeness (QED) is 0.659. The van der Waals surface area contributed by atoms with E-state index in [-0.39, 0.29) is 5.78 Å². The molecule has 0 saturated heterocycles. The Morgan fingerprint density at radius 3 is 2.79 bits per heavy atom. The number of carbonyl (C=O) groups is 1. The van der Waals surface area contributed by atoms with Crippen LogP contribution in [0.1, 0.15) is 18.9 Å². The van der Waals surface area contributed by atoms with E-state index in [2.05, 4.69) is 29.2 Å². The van der Waals surface area contributed by atoms with E-state index >= 15 is 0 Å². The molecule has 1 aromatic heterocycles. The molecular weight excluding hydrogens is 234 g/mol. The molecule has 0 unspecified atom stereocenters. The summed E-state index contributed by atoms with van der Waals surface area (Å²) in [5, 5.41) is 3.54. The molecule has 0 radical (unpaired) electrons. The SMILES string of the molecule is CC(=O)CCc1ccc2ncc3ccccc3c2c1. The Balaban J connectivity index is 2.14. The molecule has 3 aromatic rings. The number of ketones is 1. The molecule has 0 bridgehead atoms. The predicted molar refractivity (Wildman–Crippen MR) is 78.3 cm³/mol. The lowest BCUT2D eigenvalue weighted by atomic mass is 10.0. The fourth-order valence-corrected chi connectivity index (χ4v) is 2.38. The minimum atomic E-state index is 0.233. The number of hydrogen-bond acceptors (Lipinski definition) is 2. The van der Waals surface area contributed by atoms with Gasteiger partial charge in [-0.25, -0.2) is 0 Å². The van der Waals surface area contributed by atoms with Gasteiger partial charge in [0.25, 0.3) is 0 Å². The minimum Gasteiger partial charge on any atom is -0.300 e. The Morgan fingerprint density at radius 2 is 1.95 bits per heavy atom. The van der Waals surface area contributed by atoms with Crippen LogP contribution in [-0.4, -0.2) is 10.8 Å². The molecule has 1 heterocycles. The first-order valence-corrected chi connectivity index (χ1v) is 6.50. The van der Waals surface area contributed by atoms with Crippen molar-refractivity contribution in [3.63, 3.8) is 0 Å². The molecule has 0 aliphatic rings. The number of fused-ring (bicyclic) bond motifs is 3. The lowest BCUT2D eigenvalue weighted by Gasteiger charge is -2.05. The highest BCUT2D eigenvalue weighted by Gasteiger charge is 2.03. The minimum absolute atomic E-state index is 0.233. The molecule has 19 heavy (non-hydrogen) atoms. The predicted octanol–water partition coefficient (Wildman–Crippen LogP) is 3.91. The van der Waals surface area contributed by atoms with Crippen molar-refractivity contribution in [2.24, 2.45) is 0 Å². The van der Waals surface area contributed by atoms with Crippen LogP contribution in [0.2, 0.25) is 0 Å². The van der Waals surface area contributed by atoms with Crippen molar-refractivity contribution >= 4 is 27.5 Å². The lowest BCUT2D eigenvalue weighted by Crippen LogP contribution is -1.94. The maximum absolute atomic E-state index is 11.1. The van der Waals surface area contributed by atoms with Crippen molar-refractivity contribution < 1.29 is 4.79 Å². The Labute approximate surface area is 112 Å². The third-order valence-corrected chi connectivity index (χ3v) is 3.42. The number of hydrogen-bond donors (Lipinski definition) is 0. The number of benzene rings is 2. The fourth-order valence-electron chi connectivity index (χ4n) is 2.38. The second-order valence-corrected chi connectivity index (χ2v) is 4.90. The number of aryl methyl sites for hydroxylation is 1. The molecule has 0 spiro atoms. The van der Waals surface area contributed by atoms with E-state index in [1.54, 1.807) is 6.92 Å². The summed E-state index contributed by atoms with van der Waals surface area (Å²) >= 11 is 0. The smallest absolute Gasteiger partial charge is 0.130 e. The van der Waals surface area contributed by atoms with Gasteiger partial charge in [0.05, 0.1) is 5.52 Å². The van der Waals surface area contributed by atoms with Crippen molar-refractivity contribution in [1.82, 2.24) is 4.98 Å². The Kier molecular flexibility index (Phi) is 3.00. The third-order valence-electron chi connectivity index (χ3n) is 3.42. The van der Waals surface area contributed by atoms with Crippen molar-refractivity contribution in [3.05, 3.63) is 54.2 Å². The normalized spacial score (nSPS) is 11.0. The Bertz CT molecular complexity index is 761. The summed E-state index contributed by atoms with van der Waals surface area (Å²) in [7, 11) is 0. The molecule has 0 saturated carbocycles. The molecule has 2 heteroatoms. The van der Waals surface area contributed by atoms with Crippen LogP contribution in [0, 0.1) is 0 Å². The van der Waals surface area contributed by atoms with Gasteiger partial charge >= 0.3 is 0 Å². The van der Waals surface area contributed by atoms with Gasteiger partial charge in [-0.1, -0.05) is 30.3 Å². The maximum atomic E-state index is 11.1. The second kappa shape index (κ2) is 4.81. The molecule has 94 valence electrons. The highest BCUT2D eigenvalue weighted by molar-refractivity contribution is 6.05. The van der Waals surface area contributed by atoms with Gasteiger partial charge in [0.2, 0.25) is 0 Å². The van der Waals surface area contributed by atoms with Crippen molar-refractivity contribution in [1.29, 1.82) is 0 Å². The van der Waals surface area contributed by atoms with Crippen LogP contribution >= 0.6 is 0 Å². The molecule has 3 rings (SSSR count). The van der Waals surface area contributed by atoms with Crippen LogP contribution in [0.5, 0.6) is 0 Å². The average molecular weight is 249 g/mol. The van der Waals surface area contributed by atoms with Gasteiger partial charge in [-0.05, 0) is 36.4 Å². The first-order chi connectivity index (χ1) is 9.24. The highest BCUT2D eigenvalue weighted by Crippen LogP contribution is 2.24. The maximum Gasteiger partial charge on any atom is 0.130 e. The monoisotopic (exact) mass is 249 g/mol. The topological polar surface area (TPSA) is 30.0 Å². The lowest BCUT2D eigenvalue weighted by molar-refractivity contribution is -0.116. The molecule has 0 amide bonds. The molecule has 0 atom stereocenters. The van der Waals surface area contributed by atoms with Gasteiger partial charge in [0.1, 0.15) is 5.78 Å². The standard InChI is InChI=1S/C17H15NO/c1-12(19)6-7-13-8-9-17-16(10-13)15-5-3-2-4-14(15)11-18-17/h2-5,8-11H,6-7H2,1H3. The van der Waals surface area contributed by atoms with Gasteiger partial charge in [0, 0.05) is 23.4 Å². The van der Waals surface area contributed by atoms with Crippen molar-refractivity contribution in [3.8, 4) is 0 Å². The summed E-state index contributed by atoms with van der Waals surface area (Å²) in [6.45, 7) is 1.64. The van der Waals surface area contributed by atoms with Crippen molar-refractivity contribution in [2.45, 2.75) is 19.8 Å². The molecule has 0 N–H and O–H groups in total. The van der Waals surface area contributed by atoms with E-state index in [0.29, 0.717) is 6.42 Å². The Hall–Kier alpha value is -2.22. The first-order valence-electron chi connectivity index (χ1n) is 6.50. The average Bonchev–Trinajstić information content (AvgIpc) is 2.44. The zero-order valence-electron chi connectivity index (χ0n) is 10.9. The molecule has 0 aliphatic carbocycles. The van der Waals surface area contributed by atoms with Crippen LogP contribution in [-0.2, 0) is 11.2 Å². The van der Waals surface area contributed by atoms with Crippen LogP contribution in [0.3, 0.4) is 0 Å². The summed E-state index contributed by atoms with van der Waals surface area (Å²) in [4.78, 5) is 15.6. The van der Waals surface area contributed by atoms with E-state index < -0.39 is 0 Å². The van der Waals surface area contributed by atoms with Crippen LogP contribution in [0.4, 0.5) is 0 Å². The van der Waals surface area contributed by atoms with Gasteiger partial charge in [0.15, 0.2) is 0 Å². The van der Waals surface area contributed by atoms with E-state index in [1.165, 1.54) is 16.3 Å². The zero-order valence-corrected chi connectivity index (χ0v) is 10.9. The molecule has 0 aliphatic heterocycles. The van der Waals surface area contributed by atoms with Gasteiger partial charge in [-0.15, -0.1) is 0 Å².